The summed E-state index contributed by atoms with van der Waals surface area (Å²) in [6, 6.07) is 6.35. The zero-order valence-electron chi connectivity index (χ0n) is 7.45. The highest BCUT2D eigenvalue weighted by Gasteiger charge is 2.42. The zero-order valence-corrected chi connectivity index (χ0v) is 10.6. The largest absolute Gasteiger partial charge is 0.373 e. The lowest BCUT2D eigenvalue weighted by Gasteiger charge is -2.26. The van der Waals surface area contributed by atoms with Crippen molar-refractivity contribution < 1.29 is 9.90 Å². The summed E-state index contributed by atoms with van der Waals surface area (Å²) in [5, 5.41) is 9.97. The fourth-order valence-electron chi connectivity index (χ4n) is 1.08. The average molecular weight is 313 g/mol. The van der Waals surface area contributed by atoms with Gasteiger partial charge in [-0.05, 0) is 17.7 Å². The Morgan fingerprint density at radius 3 is 2.20 bits per heavy atom. The van der Waals surface area contributed by atoms with Crippen LogP contribution in [0, 0.1) is 0 Å². The van der Waals surface area contributed by atoms with Crippen LogP contribution in [0.1, 0.15) is 5.56 Å². The van der Waals surface area contributed by atoms with E-state index < -0.39 is 16.3 Å². The molecule has 15 heavy (non-hydrogen) atoms. The van der Waals surface area contributed by atoms with Crippen molar-refractivity contribution in [2.24, 2.45) is 5.73 Å². The van der Waals surface area contributed by atoms with Gasteiger partial charge in [-0.2, -0.15) is 0 Å². The van der Waals surface area contributed by atoms with Gasteiger partial charge in [0.15, 0.2) is 5.60 Å². The Balaban J connectivity index is 3.22. The normalized spacial score (nSPS) is 15.0. The minimum Gasteiger partial charge on any atom is -0.373 e. The molecule has 0 radical (unpaired) electrons. The van der Waals surface area contributed by atoms with E-state index >= 15 is 0 Å². The van der Waals surface area contributed by atoms with E-state index in [-0.39, 0.29) is 5.56 Å². The monoisotopic (exact) mass is 311 g/mol. The number of alkyl halides is 2. The number of benzene rings is 1. The van der Waals surface area contributed by atoms with Gasteiger partial charge in [0.2, 0.25) is 0 Å². The topological polar surface area (TPSA) is 63.3 Å². The molecule has 0 aliphatic carbocycles. The van der Waals surface area contributed by atoms with Crippen molar-refractivity contribution in [3.8, 4) is 0 Å². The molecule has 0 fully saturated rings. The predicted molar refractivity (Wildman–Crippen MR) is 62.7 cm³/mol. The van der Waals surface area contributed by atoms with Gasteiger partial charge in [-0.1, -0.05) is 28.1 Å². The quantitative estimate of drug-likeness (QED) is 0.838. The lowest BCUT2D eigenvalue weighted by atomic mass is 9.95. The molecule has 1 rings (SSSR count). The predicted octanol–water partition coefficient (Wildman–Crippen LogP) is 1.93. The Kier molecular flexibility index (Phi) is 4.00. The van der Waals surface area contributed by atoms with Crippen LogP contribution in [0.15, 0.2) is 28.7 Å². The number of hydrogen-bond acceptors (Lipinski definition) is 2. The number of halogens is 3. The van der Waals surface area contributed by atoms with Crippen LogP contribution in [-0.4, -0.2) is 15.8 Å². The van der Waals surface area contributed by atoms with Gasteiger partial charge in [0.25, 0.3) is 5.91 Å². The minimum absolute atomic E-state index is 0.258. The van der Waals surface area contributed by atoms with Gasteiger partial charge in [-0.25, -0.2) is 0 Å². The summed E-state index contributed by atoms with van der Waals surface area (Å²) in [4.78, 5) is 9.82. The van der Waals surface area contributed by atoms with Gasteiger partial charge in [0, 0.05) is 4.47 Å². The van der Waals surface area contributed by atoms with Crippen molar-refractivity contribution in [3.63, 3.8) is 0 Å². The van der Waals surface area contributed by atoms with E-state index in [0.29, 0.717) is 0 Å². The highest BCUT2D eigenvalue weighted by molar-refractivity contribution is 9.10. The molecule has 1 aromatic rings. The second-order valence-electron chi connectivity index (χ2n) is 2.94. The number of hydrogen-bond donors (Lipinski definition) is 2. The maximum absolute atomic E-state index is 11.1. The summed E-state index contributed by atoms with van der Waals surface area (Å²) in [7, 11) is 0. The van der Waals surface area contributed by atoms with Crippen molar-refractivity contribution in [1.82, 2.24) is 0 Å². The fraction of sp³-hybridized carbons (Fsp3) is 0.222. The smallest absolute Gasteiger partial charge is 0.256 e. The van der Waals surface area contributed by atoms with Crippen LogP contribution in [0.4, 0.5) is 0 Å². The molecule has 3 N–H and O–H groups in total. The lowest BCUT2D eigenvalue weighted by Crippen LogP contribution is -2.46. The molecule has 6 heteroatoms. The van der Waals surface area contributed by atoms with Gasteiger partial charge in [-0.3, -0.25) is 4.79 Å². The van der Waals surface area contributed by atoms with Crippen LogP contribution in [0.25, 0.3) is 0 Å². The maximum atomic E-state index is 11.1. The van der Waals surface area contributed by atoms with Crippen molar-refractivity contribution >= 4 is 45.0 Å². The molecule has 1 atom stereocenters. The highest BCUT2D eigenvalue weighted by atomic mass is 79.9. The summed E-state index contributed by atoms with van der Waals surface area (Å²) < 4.78 is 0.804. The maximum Gasteiger partial charge on any atom is 0.256 e. The van der Waals surface area contributed by atoms with Crippen LogP contribution in [0.2, 0.25) is 0 Å². The molecule has 0 aliphatic heterocycles. The second kappa shape index (κ2) is 4.70. The van der Waals surface area contributed by atoms with Gasteiger partial charge in [-0.15, -0.1) is 23.2 Å². The number of nitrogens with two attached hydrogens (primary N) is 1. The van der Waals surface area contributed by atoms with Gasteiger partial charge >= 0.3 is 0 Å². The summed E-state index contributed by atoms with van der Waals surface area (Å²) in [6.45, 7) is 0. The van der Waals surface area contributed by atoms with Crippen molar-refractivity contribution in [3.05, 3.63) is 34.3 Å². The van der Waals surface area contributed by atoms with Crippen molar-refractivity contribution in [2.45, 2.75) is 10.4 Å². The number of carbonyl (C=O) groups is 1. The van der Waals surface area contributed by atoms with Crippen LogP contribution < -0.4 is 5.73 Å². The first-order valence-corrected chi connectivity index (χ1v) is 5.62. The molecule has 3 nitrogen and oxygen atoms in total. The molecular formula is C9H8BrCl2NO2. The molecule has 0 spiro atoms. The van der Waals surface area contributed by atoms with E-state index in [1.54, 1.807) is 12.1 Å². The molecule has 1 amide bonds. The molecule has 0 bridgehead atoms. The van der Waals surface area contributed by atoms with Crippen molar-refractivity contribution in [2.75, 3.05) is 0 Å². The van der Waals surface area contributed by atoms with E-state index in [1.165, 1.54) is 12.1 Å². The van der Waals surface area contributed by atoms with E-state index in [1.807, 2.05) is 0 Å². The first kappa shape index (κ1) is 12.8. The summed E-state index contributed by atoms with van der Waals surface area (Å²) in [6.07, 6.45) is 0. The standard InChI is InChI=1S/C9H8BrCl2NO2/c10-6-3-1-5(2-4-6)9(15,7(11)12)8(13)14/h1-4,7,15H,(H2,13,14)/t9-/m0/s1. The zero-order chi connectivity index (χ0) is 11.6. The number of amides is 1. The molecule has 0 saturated carbocycles. The third-order valence-electron chi connectivity index (χ3n) is 1.98. The Hall–Kier alpha value is -0.290. The molecule has 82 valence electrons. The van der Waals surface area contributed by atoms with Crippen LogP contribution in [0.3, 0.4) is 0 Å². The van der Waals surface area contributed by atoms with E-state index in [2.05, 4.69) is 15.9 Å². The van der Waals surface area contributed by atoms with E-state index in [4.69, 9.17) is 28.9 Å². The summed E-state index contributed by atoms with van der Waals surface area (Å²) in [5.41, 5.74) is 3.26. The van der Waals surface area contributed by atoms with Gasteiger partial charge in [0.1, 0.15) is 4.84 Å². The average Bonchev–Trinajstić information content (AvgIpc) is 2.17. The first-order valence-electron chi connectivity index (χ1n) is 3.95. The number of carbonyl (C=O) groups excluding carboxylic acids is 1. The Morgan fingerprint density at radius 2 is 1.87 bits per heavy atom. The van der Waals surface area contributed by atoms with E-state index in [0.717, 1.165) is 4.47 Å². The number of primary amides is 1. The van der Waals surface area contributed by atoms with Crippen molar-refractivity contribution in [1.29, 1.82) is 0 Å². The molecule has 1 aromatic carbocycles. The Labute approximate surface area is 105 Å². The molecule has 0 unspecified atom stereocenters. The van der Waals surface area contributed by atoms with E-state index in [9.17, 15) is 9.90 Å². The fourth-order valence-corrected chi connectivity index (χ4v) is 1.81. The molecule has 0 aliphatic rings. The number of aliphatic hydroxyl groups is 1. The minimum atomic E-state index is -2.07. The SMILES string of the molecule is NC(=O)[C@](O)(c1ccc(Br)cc1)C(Cl)Cl. The van der Waals surface area contributed by atoms with Gasteiger partial charge in [0.05, 0.1) is 0 Å². The third-order valence-corrected chi connectivity index (χ3v) is 3.14. The third kappa shape index (κ3) is 2.45. The molecule has 0 aromatic heterocycles. The van der Waals surface area contributed by atoms with Gasteiger partial charge < -0.3 is 10.8 Å². The summed E-state index contributed by atoms with van der Waals surface area (Å²) in [5.74, 6) is -0.986. The highest BCUT2D eigenvalue weighted by Crippen LogP contribution is 2.31. The van der Waals surface area contributed by atoms with Crippen LogP contribution >= 0.6 is 39.1 Å². The summed E-state index contributed by atoms with van der Waals surface area (Å²) >= 11 is 14.3. The molecule has 0 heterocycles. The molecular weight excluding hydrogens is 305 g/mol. The Bertz CT molecular complexity index is 369. The van der Waals surface area contributed by atoms with Crippen LogP contribution in [0.5, 0.6) is 0 Å². The second-order valence-corrected chi connectivity index (χ2v) is 4.95. The Morgan fingerprint density at radius 1 is 1.40 bits per heavy atom. The molecule has 0 saturated heterocycles. The number of rotatable bonds is 3. The van der Waals surface area contributed by atoms with Crippen LogP contribution in [-0.2, 0) is 10.4 Å². The lowest BCUT2D eigenvalue weighted by molar-refractivity contribution is -0.135. The first-order chi connectivity index (χ1) is 6.89.